The lowest BCUT2D eigenvalue weighted by atomic mass is 9.90. The molecule has 3 heteroatoms. The number of hydrogen-bond donors (Lipinski definition) is 2. The van der Waals surface area contributed by atoms with Crippen molar-refractivity contribution in [1.29, 1.82) is 0 Å². The summed E-state index contributed by atoms with van der Waals surface area (Å²) in [5, 5.41) is 10.1. The molecule has 3 nitrogen and oxygen atoms in total. The fourth-order valence-corrected chi connectivity index (χ4v) is 2.76. The van der Waals surface area contributed by atoms with E-state index in [0.717, 1.165) is 17.9 Å². The van der Waals surface area contributed by atoms with Crippen molar-refractivity contribution in [3.05, 3.63) is 29.8 Å². The van der Waals surface area contributed by atoms with Gasteiger partial charge in [-0.05, 0) is 37.8 Å². The lowest BCUT2D eigenvalue weighted by Crippen LogP contribution is -2.16. The molecule has 0 radical (unpaired) electrons. The molecule has 1 aromatic carbocycles. The van der Waals surface area contributed by atoms with Crippen LogP contribution in [-0.2, 0) is 0 Å². The second-order valence-electron chi connectivity index (χ2n) is 5.45. The monoisotopic (exact) mass is 263 g/mol. The van der Waals surface area contributed by atoms with Crippen LogP contribution in [0.1, 0.15) is 50.2 Å². The van der Waals surface area contributed by atoms with Crippen LogP contribution >= 0.6 is 0 Å². The maximum absolute atomic E-state index is 10.1. The molecule has 0 heterocycles. The Balaban J connectivity index is 1.94. The van der Waals surface area contributed by atoms with E-state index in [1.54, 1.807) is 0 Å². The van der Waals surface area contributed by atoms with E-state index in [1.807, 2.05) is 24.3 Å². The molecule has 1 unspecified atom stereocenters. The predicted octanol–water partition coefficient (Wildman–Crippen LogP) is 3.03. The minimum atomic E-state index is -0.521. The van der Waals surface area contributed by atoms with Gasteiger partial charge in [-0.15, -0.1) is 0 Å². The van der Waals surface area contributed by atoms with Gasteiger partial charge in [-0.3, -0.25) is 0 Å². The summed E-state index contributed by atoms with van der Waals surface area (Å²) in [6.07, 6.45) is 6.61. The molecule has 0 amide bonds. The minimum absolute atomic E-state index is 0.484. The lowest BCUT2D eigenvalue weighted by Gasteiger charge is -2.23. The quantitative estimate of drug-likeness (QED) is 0.829. The normalized spacial score (nSPS) is 18.2. The van der Waals surface area contributed by atoms with Crippen molar-refractivity contribution in [3.8, 4) is 5.75 Å². The average molecular weight is 263 g/mol. The van der Waals surface area contributed by atoms with E-state index in [-0.39, 0.29) is 0 Å². The van der Waals surface area contributed by atoms with Crippen LogP contribution in [0.15, 0.2) is 24.3 Å². The Bertz CT molecular complexity index is 375. The Morgan fingerprint density at radius 3 is 2.68 bits per heavy atom. The number of aliphatic hydroxyl groups is 1. The van der Waals surface area contributed by atoms with Gasteiger partial charge in [0.1, 0.15) is 5.75 Å². The number of para-hydroxylation sites is 1. The van der Waals surface area contributed by atoms with Crippen molar-refractivity contribution in [2.75, 3.05) is 13.2 Å². The first-order valence-electron chi connectivity index (χ1n) is 7.41. The number of ether oxygens (including phenoxy) is 1. The first-order chi connectivity index (χ1) is 9.31. The fraction of sp³-hybridized carbons (Fsp3) is 0.625. The standard InChI is InChI=1S/C16H25NO2/c17-11-10-15(18)14-8-4-5-9-16(14)19-12-13-6-2-1-3-7-13/h4-5,8-9,13,15,18H,1-3,6-7,10-12,17H2. The first-order valence-corrected chi connectivity index (χ1v) is 7.41. The molecule has 1 aliphatic rings. The van der Waals surface area contributed by atoms with E-state index < -0.39 is 6.10 Å². The van der Waals surface area contributed by atoms with Gasteiger partial charge in [0.2, 0.25) is 0 Å². The van der Waals surface area contributed by atoms with Crippen LogP contribution in [0.4, 0.5) is 0 Å². The van der Waals surface area contributed by atoms with E-state index >= 15 is 0 Å². The molecule has 1 aliphatic carbocycles. The SMILES string of the molecule is NCCC(O)c1ccccc1OCC1CCCCC1. The van der Waals surface area contributed by atoms with E-state index in [2.05, 4.69) is 0 Å². The second kappa shape index (κ2) is 7.51. The van der Waals surface area contributed by atoms with Crippen LogP contribution in [0, 0.1) is 5.92 Å². The molecule has 106 valence electrons. The molecule has 3 N–H and O–H groups in total. The van der Waals surface area contributed by atoms with Crippen LogP contribution < -0.4 is 10.5 Å². The van der Waals surface area contributed by atoms with Crippen LogP contribution in [0.3, 0.4) is 0 Å². The van der Waals surface area contributed by atoms with Crippen molar-refractivity contribution >= 4 is 0 Å². The largest absolute Gasteiger partial charge is 0.493 e. The minimum Gasteiger partial charge on any atom is -0.493 e. The van der Waals surface area contributed by atoms with Gasteiger partial charge >= 0.3 is 0 Å². The number of benzene rings is 1. The van der Waals surface area contributed by atoms with Crippen LogP contribution in [0.25, 0.3) is 0 Å². The molecular weight excluding hydrogens is 238 g/mol. The Labute approximate surface area is 115 Å². The third-order valence-corrected chi connectivity index (χ3v) is 3.92. The van der Waals surface area contributed by atoms with Crippen LogP contribution in [-0.4, -0.2) is 18.3 Å². The van der Waals surface area contributed by atoms with Gasteiger partial charge in [-0.25, -0.2) is 0 Å². The summed E-state index contributed by atoms with van der Waals surface area (Å²) in [5.74, 6) is 1.49. The summed E-state index contributed by atoms with van der Waals surface area (Å²) < 4.78 is 5.94. The molecule has 19 heavy (non-hydrogen) atoms. The zero-order valence-corrected chi connectivity index (χ0v) is 11.6. The van der Waals surface area contributed by atoms with E-state index in [9.17, 15) is 5.11 Å². The summed E-state index contributed by atoms with van der Waals surface area (Å²) in [6.45, 7) is 1.25. The van der Waals surface area contributed by atoms with Gasteiger partial charge in [0, 0.05) is 5.56 Å². The zero-order chi connectivity index (χ0) is 13.5. The molecule has 1 aromatic rings. The average Bonchev–Trinajstić information content (AvgIpc) is 2.47. The summed E-state index contributed by atoms with van der Waals surface area (Å²) >= 11 is 0. The van der Waals surface area contributed by atoms with Gasteiger partial charge in [0.15, 0.2) is 0 Å². The van der Waals surface area contributed by atoms with Gasteiger partial charge in [0.05, 0.1) is 12.7 Å². The lowest BCUT2D eigenvalue weighted by molar-refractivity contribution is 0.157. The van der Waals surface area contributed by atoms with E-state index in [0.29, 0.717) is 18.9 Å². The second-order valence-corrected chi connectivity index (χ2v) is 5.45. The maximum atomic E-state index is 10.1. The molecule has 0 aromatic heterocycles. The smallest absolute Gasteiger partial charge is 0.125 e. The molecule has 0 bridgehead atoms. The Hall–Kier alpha value is -1.06. The number of aliphatic hydroxyl groups excluding tert-OH is 1. The summed E-state index contributed by atoms with van der Waals surface area (Å²) in [4.78, 5) is 0. The third-order valence-electron chi connectivity index (χ3n) is 3.92. The van der Waals surface area contributed by atoms with Crippen LogP contribution in [0.5, 0.6) is 5.75 Å². The first kappa shape index (κ1) is 14.4. The summed E-state index contributed by atoms with van der Waals surface area (Å²) in [7, 11) is 0. The van der Waals surface area contributed by atoms with E-state index in [4.69, 9.17) is 10.5 Å². The van der Waals surface area contributed by atoms with Crippen molar-refractivity contribution in [2.45, 2.75) is 44.6 Å². The summed E-state index contributed by atoms with van der Waals surface area (Å²) in [6, 6.07) is 7.76. The highest BCUT2D eigenvalue weighted by molar-refractivity contribution is 5.35. The molecule has 0 spiro atoms. The highest BCUT2D eigenvalue weighted by Gasteiger charge is 2.16. The third kappa shape index (κ3) is 4.22. The number of rotatable bonds is 6. The molecule has 0 aliphatic heterocycles. The van der Waals surface area contributed by atoms with Crippen molar-refractivity contribution in [3.63, 3.8) is 0 Å². The highest BCUT2D eigenvalue weighted by Crippen LogP contribution is 2.29. The van der Waals surface area contributed by atoms with Crippen LogP contribution in [0.2, 0.25) is 0 Å². The van der Waals surface area contributed by atoms with Crippen molar-refractivity contribution in [1.82, 2.24) is 0 Å². The van der Waals surface area contributed by atoms with Crippen molar-refractivity contribution in [2.24, 2.45) is 11.7 Å². The van der Waals surface area contributed by atoms with Gasteiger partial charge in [-0.1, -0.05) is 37.5 Å². The predicted molar refractivity (Wildman–Crippen MR) is 77.1 cm³/mol. The molecule has 2 rings (SSSR count). The number of hydrogen-bond acceptors (Lipinski definition) is 3. The van der Waals surface area contributed by atoms with Crippen molar-refractivity contribution < 1.29 is 9.84 Å². The zero-order valence-electron chi connectivity index (χ0n) is 11.6. The fourth-order valence-electron chi connectivity index (χ4n) is 2.76. The highest BCUT2D eigenvalue weighted by atomic mass is 16.5. The maximum Gasteiger partial charge on any atom is 0.125 e. The van der Waals surface area contributed by atoms with Gasteiger partial charge in [-0.2, -0.15) is 0 Å². The molecule has 1 fully saturated rings. The molecular formula is C16H25NO2. The van der Waals surface area contributed by atoms with Gasteiger partial charge < -0.3 is 15.6 Å². The summed E-state index contributed by atoms with van der Waals surface area (Å²) in [5.41, 5.74) is 6.37. The Morgan fingerprint density at radius 1 is 1.21 bits per heavy atom. The Morgan fingerprint density at radius 2 is 1.95 bits per heavy atom. The molecule has 0 saturated heterocycles. The Kier molecular flexibility index (Phi) is 5.67. The number of nitrogens with two attached hydrogens (primary N) is 1. The molecule has 1 atom stereocenters. The topological polar surface area (TPSA) is 55.5 Å². The van der Waals surface area contributed by atoms with Gasteiger partial charge in [0.25, 0.3) is 0 Å². The molecule has 1 saturated carbocycles. The van der Waals surface area contributed by atoms with E-state index in [1.165, 1.54) is 32.1 Å².